The fourth-order valence-electron chi connectivity index (χ4n) is 3.47. The van der Waals surface area contributed by atoms with E-state index in [-0.39, 0.29) is 12.0 Å². The highest BCUT2D eigenvalue weighted by Crippen LogP contribution is 2.37. The minimum atomic E-state index is -3.25. The molecular weight excluding hydrogens is 414 g/mol. The minimum Gasteiger partial charge on any atom is -0.491 e. The molecule has 0 heterocycles. The summed E-state index contributed by atoms with van der Waals surface area (Å²) in [5, 5.41) is 9.48. The number of halogens is 2. The third kappa shape index (κ3) is 6.37. The average molecular weight is 440 g/mol. The summed E-state index contributed by atoms with van der Waals surface area (Å²) in [6, 6.07) is 22.1. The van der Waals surface area contributed by atoms with Gasteiger partial charge in [0.1, 0.15) is 12.4 Å². The molecule has 0 aliphatic carbocycles. The molecule has 0 saturated carbocycles. The Balaban J connectivity index is 1.68. The lowest BCUT2D eigenvalue weighted by molar-refractivity contribution is -0.145. The normalized spacial score (nSPS) is 12.3. The molecule has 0 bridgehead atoms. The van der Waals surface area contributed by atoms with Crippen LogP contribution in [0.2, 0.25) is 0 Å². The van der Waals surface area contributed by atoms with Crippen molar-refractivity contribution in [2.24, 2.45) is 5.92 Å². The Bertz CT molecular complexity index is 987. The fraction of sp³-hybridized carbons (Fsp3) is 0.269. The maximum atomic E-state index is 14.9. The van der Waals surface area contributed by atoms with E-state index in [1.165, 1.54) is 12.1 Å². The molecular formula is C26H26F2O4. The summed E-state index contributed by atoms with van der Waals surface area (Å²) in [7, 11) is 1.60. The van der Waals surface area contributed by atoms with Gasteiger partial charge in [0.25, 0.3) is 5.92 Å². The molecule has 1 atom stereocenters. The molecule has 1 unspecified atom stereocenters. The second-order valence-electron chi connectivity index (χ2n) is 7.58. The first kappa shape index (κ1) is 23.4. The van der Waals surface area contributed by atoms with Crippen LogP contribution in [0, 0.1) is 5.92 Å². The van der Waals surface area contributed by atoms with Crippen LogP contribution < -0.4 is 4.74 Å². The lowest BCUT2D eigenvalue weighted by atomic mass is 9.90. The molecule has 0 aromatic heterocycles. The van der Waals surface area contributed by atoms with E-state index in [1.54, 1.807) is 49.6 Å². The van der Waals surface area contributed by atoms with Crippen LogP contribution in [0.25, 0.3) is 11.1 Å². The van der Waals surface area contributed by atoms with E-state index in [0.29, 0.717) is 19.0 Å². The molecule has 0 radical (unpaired) electrons. The van der Waals surface area contributed by atoms with Gasteiger partial charge in [0, 0.05) is 19.1 Å². The van der Waals surface area contributed by atoms with E-state index in [2.05, 4.69) is 0 Å². The first-order valence-corrected chi connectivity index (χ1v) is 10.4. The molecule has 0 spiro atoms. The molecule has 6 heteroatoms. The van der Waals surface area contributed by atoms with Gasteiger partial charge in [-0.1, -0.05) is 66.7 Å². The van der Waals surface area contributed by atoms with E-state index < -0.39 is 24.2 Å². The van der Waals surface area contributed by atoms with Gasteiger partial charge in [-0.2, -0.15) is 0 Å². The molecule has 168 valence electrons. The monoisotopic (exact) mass is 440 g/mol. The van der Waals surface area contributed by atoms with Gasteiger partial charge >= 0.3 is 5.97 Å². The molecule has 0 fully saturated rings. The maximum Gasteiger partial charge on any atom is 0.307 e. The maximum absolute atomic E-state index is 14.9. The van der Waals surface area contributed by atoms with Crippen molar-refractivity contribution in [1.82, 2.24) is 0 Å². The second kappa shape index (κ2) is 10.9. The van der Waals surface area contributed by atoms with Crippen LogP contribution >= 0.6 is 0 Å². The van der Waals surface area contributed by atoms with Gasteiger partial charge in [0.15, 0.2) is 0 Å². The highest BCUT2D eigenvalue weighted by molar-refractivity contribution is 5.70. The summed E-state index contributed by atoms with van der Waals surface area (Å²) in [5.41, 5.74) is 2.18. The van der Waals surface area contributed by atoms with Crippen molar-refractivity contribution < 1.29 is 28.2 Å². The molecule has 1 N–H and O–H groups in total. The molecule has 3 aromatic carbocycles. The fourth-order valence-corrected chi connectivity index (χ4v) is 3.47. The van der Waals surface area contributed by atoms with Crippen molar-refractivity contribution >= 4 is 5.97 Å². The first-order chi connectivity index (χ1) is 15.4. The predicted molar refractivity (Wildman–Crippen MR) is 119 cm³/mol. The smallest absolute Gasteiger partial charge is 0.307 e. The van der Waals surface area contributed by atoms with Gasteiger partial charge < -0.3 is 14.6 Å². The summed E-state index contributed by atoms with van der Waals surface area (Å²) < 4.78 is 40.3. The molecule has 0 amide bonds. The summed E-state index contributed by atoms with van der Waals surface area (Å²) in [5.74, 6) is -4.96. The SMILES string of the molecule is COCCOc1ccc(-c2ccc(C(F)(F)CC(Cc3ccccc3)C(=O)O)cc2)cc1. The molecule has 0 aliphatic rings. The Morgan fingerprint density at radius 3 is 2.06 bits per heavy atom. The number of aliphatic carboxylic acids is 1. The van der Waals surface area contributed by atoms with E-state index >= 15 is 0 Å². The van der Waals surface area contributed by atoms with Gasteiger partial charge in [-0.15, -0.1) is 0 Å². The number of rotatable bonds is 11. The number of ether oxygens (including phenoxy) is 2. The Kier molecular flexibility index (Phi) is 7.95. The highest BCUT2D eigenvalue weighted by Gasteiger charge is 2.37. The van der Waals surface area contributed by atoms with Crippen LogP contribution in [0.15, 0.2) is 78.9 Å². The van der Waals surface area contributed by atoms with E-state index in [1.807, 2.05) is 24.3 Å². The second-order valence-corrected chi connectivity index (χ2v) is 7.58. The number of hydrogen-bond donors (Lipinski definition) is 1. The zero-order chi connectivity index (χ0) is 23.0. The van der Waals surface area contributed by atoms with Gasteiger partial charge in [0.2, 0.25) is 0 Å². The zero-order valence-corrected chi connectivity index (χ0v) is 17.8. The summed E-state index contributed by atoms with van der Waals surface area (Å²) in [6.45, 7) is 0.937. The van der Waals surface area contributed by atoms with Gasteiger partial charge in [-0.3, -0.25) is 4.79 Å². The standard InChI is InChI=1S/C26H26F2O4/c1-31-15-16-32-24-13-9-21(10-14-24)20-7-11-23(12-8-20)26(27,28)18-22(25(29)30)17-19-5-3-2-4-6-19/h2-14,22H,15-18H2,1H3,(H,29,30). The summed E-state index contributed by atoms with van der Waals surface area (Å²) in [6.07, 6.45) is -0.702. The summed E-state index contributed by atoms with van der Waals surface area (Å²) in [4.78, 5) is 11.6. The van der Waals surface area contributed by atoms with E-state index in [9.17, 15) is 18.7 Å². The quantitative estimate of drug-likeness (QED) is 0.383. The third-order valence-corrected chi connectivity index (χ3v) is 5.23. The number of methoxy groups -OCH3 is 1. The Morgan fingerprint density at radius 2 is 1.50 bits per heavy atom. The van der Waals surface area contributed by atoms with Crippen LogP contribution in [0.3, 0.4) is 0 Å². The van der Waals surface area contributed by atoms with Crippen LogP contribution in [0.1, 0.15) is 17.5 Å². The van der Waals surface area contributed by atoms with Crippen LogP contribution in [0.5, 0.6) is 5.75 Å². The van der Waals surface area contributed by atoms with Gasteiger partial charge in [-0.05, 0) is 35.2 Å². The van der Waals surface area contributed by atoms with Gasteiger partial charge in [-0.25, -0.2) is 8.78 Å². The van der Waals surface area contributed by atoms with Gasteiger partial charge in [0.05, 0.1) is 12.5 Å². The molecule has 4 nitrogen and oxygen atoms in total. The van der Waals surface area contributed by atoms with Crippen molar-refractivity contribution in [1.29, 1.82) is 0 Å². The lowest BCUT2D eigenvalue weighted by Crippen LogP contribution is -2.25. The zero-order valence-electron chi connectivity index (χ0n) is 17.8. The lowest BCUT2D eigenvalue weighted by Gasteiger charge is -2.21. The minimum absolute atomic E-state index is 0.0582. The van der Waals surface area contributed by atoms with Crippen molar-refractivity contribution in [3.8, 4) is 16.9 Å². The Morgan fingerprint density at radius 1 is 0.906 bits per heavy atom. The highest BCUT2D eigenvalue weighted by atomic mass is 19.3. The molecule has 0 saturated heterocycles. The van der Waals surface area contributed by atoms with Crippen molar-refractivity contribution in [2.75, 3.05) is 20.3 Å². The predicted octanol–water partition coefficient (Wildman–Crippen LogP) is 5.80. The van der Waals surface area contributed by atoms with Crippen LogP contribution in [0.4, 0.5) is 8.78 Å². The van der Waals surface area contributed by atoms with Crippen molar-refractivity contribution in [2.45, 2.75) is 18.8 Å². The number of carbonyl (C=O) groups is 1. The number of benzene rings is 3. The average Bonchev–Trinajstić information content (AvgIpc) is 2.80. The molecule has 3 aromatic rings. The molecule has 3 rings (SSSR count). The number of hydrogen-bond acceptors (Lipinski definition) is 3. The first-order valence-electron chi connectivity index (χ1n) is 10.4. The molecule has 32 heavy (non-hydrogen) atoms. The number of carboxylic acids is 1. The Labute approximate surface area is 186 Å². The number of carboxylic acid groups (broad SMARTS) is 1. The Hall–Kier alpha value is -3.25. The van der Waals surface area contributed by atoms with Crippen LogP contribution in [-0.2, 0) is 21.9 Å². The van der Waals surface area contributed by atoms with E-state index in [4.69, 9.17) is 9.47 Å². The van der Waals surface area contributed by atoms with Crippen LogP contribution in [-0.4, -0.2) is 31.4 Å². The van der Waals surface area contributed by atoms with E-state index in [0.717, 1.165) is 16.7 Å². The third-order valence-electron chi connectivity index (χ3n) is 5.23. The largest absolute Gasteiger partial charge is 0.491 e. The topological polar surface area (TPSA) is 55.8 Å². The van der Waals surface area contributed by atoms with Crippen molar-refractivity contribution in [3.05, 3.63) is 90.0 Å². The summed E-state index contributed by atoms with van der Waals surface area (Å²) >= 11 is 0. The van der Waals surface area contributed by atoms with Crippen molar-refractivity contribution in [3.63, 3.8) is 0 Å². The molecule has 0 aliphatic heterocycles. The number of alkyl halides is 2.